The third kappa shape index (κ3) is 2.80. The number of carbonyl (C=O) groups is 1. The Hall–Kier alpha value is 0.0700. The third-order valence-corrected chi connectivity index (χ3v) is 4.52. The van der Waals surface area contributed by atoms with E-state index in [9.17, 15) is 4.79 Å². The zero-order chi connectivity index (χ0) is 10.0. The Morgan fingerprint density at radius 3 is 2.80 bits per heavy atom. The van der Waals surface area contributed by atoms with E-state index in [1.165, 1.54) is 25.7 Å². The Morgan fingerprint density at radius 1 is 1.53 bits per heavy atom. The molecule has 2 aliphatic rings. The summed E-state index contributed by atoms with van der Waals surface area (Å²) < 4.78 is 5.01. The second-order valence-electron chi connectivity index (χ2n) is 3.96. The monoisotopic (exact) mass is 251 g/mol. The van der Waals surface area contributed by atoms with Gasteiger partial charge in [-0.05, 0) is 19.8 Å². The lowest BCUT2D eigenvalue weighted by Crippen LogP contribution is -2.44. The number of thioether (sulfide) groups is 1. The van der Waals surface area contributed by atoms with Crippen molar-refractivity contribution >= 4 is 30.1 Å². The van der Waals surface area contributed by atoms with Crippen molar-refractivity contribution in [2.24, 2.45) is 0 Å². The smallest absolute Gasteiger partial charge is 0.324 e. The van der Waals surface area contributed by atoms with Gasteiger partial charge in [-0.2, -0.15) is 0 Å². The quantitative estimate of drug-likeness (QED) is 0.762. The number of ether oxygens (including phenoxy) is 1. The highest BCUT2D eigenvalue weighted by Gasteiger charge is 2.44. The van der Waals surface area contributed by atoms with Crippen LogP contribution in [0.2, 0.25) is 0 Å². The summed E-state index contributed by atoms with van der Waals surface area (Å²) in [7, 11) is 0. The van der Waals surface area contributed by atoms with Crippen molar-refractivity contribution in [3.05, 3.63) is 0 Å². The first-order valence-electron chi connectivity index (χ1n) is 5.34. The molecule has 0 aromatic carbocycles. The number of hydrogen-bond donors (Lipinski definition) is 1. The molecule has 3 nitrogen and oxygen atoms in total. The maximum Gasteiger partial charge on any atom is 0.324 e. The molecule has 0 radical (unpaired) electrons. The molecule has 5 heteroatoms. The summed E-state index contributed by atoms with van der Waals surface area (Å²) >= 11 is 1.90. The molecule has 1 atom stereocenters. The van der Waals surface area contributed by atoms with Gasteiger partial charge in [-0.25, -0.2) is 0 Å². The highest BCUT2D eigenvalue weighted by molar-refractivity contribution is 8.01. The molecule has 0 aromatic heterocycles. The summed E-state index contributed by atoms with van der Waals surface area (Å²) in [4.78, 5) is 11.7. The average Bonchev–Trinajstić information content (AvgIpc) is 2.78. The molecule has 88 valence electrons. The molecule has 1 heterocycles. The van der Waals surface area contributed by atoms with E-state index in [-0.39, 0.29) is 29.3 Å². The number of nitrogens with one attached hydrogen (secondary N) is 1. The van der Waals surface area contributed by atoms with Gasteiger partial charge in [0.15, 0.2) is 0 Å². The van der Waals surface area contributed by atoms with E-state index in [1.807, 2.05) is 18.7 Å². The second-order valence-corrected chi connectivity index (χ2v) is 5.36. The van der Waals surface area contributed by atoms with Crippen LogP contribution in [0.5, 0.6) is 0 Å². The summed E-state index contributed by atoms with van der Waals surface area (Å²) in [5.41, 5.74) is 0. The molecule has 15 heavy (non-hydrogen) atoms. The summed E-state index contributed by atoms with van der Waals surface area (Å²) in [5.74, 6) is 0.794. The van der Waals surface area contributed by atoms with Crippen molar-refractivity contribution in [2.45, 2.75) is 43.5 Å². The van der Waals surface area contributed by atoms with Gasteiger partial charge < -0.3 is 4.74 Å². The summed E-state index contributed by atoms with van der Waals surface area (Å²) in [6.45, 7) is 2.33. The van der Waals surface area contributed by atoms with Gasteiger partial charge in [0.2, 0.25) is 0 Å². The molecule has 0 bridgehead atoms. The molecular formula is C10H18ClNO2S. The third-order valence-electron chi connectivity index (χ3n) is 2.95. The van der Waals surface area contributed by atoms with Crippen LogP contribution < -0.4 is 5.32 Å². The normalized spacial score (nSPS) is 27.7. The second kappa shape index (κ2) is 5.41. The van der Waals surface area contributed by atoms with Gasteiger partial charge >= 0.3 is 5.97 Å². The van der Waals surface area contributed by atoms with Gasteiger partial charge in [-0.15, -0.1) is 24.2 Å². The molecule has 2 fully saturated rings. The summed E-state index contributed by atoms with van der Waals surface area (Å²) in [6, 6.07) is -0.0713. The van der Waals surface area contributed by atoms with Gasteiger partial charge in [-0.3, -0.25) is 10.1 Å². The van der Waals surface area contributed by atoms with Crippen LogP contribution in [0.4, 0.5) is 0 Å². The van der Waals surface area contributed by atoms with Crippen LogP contribution in [-0.2, 0) is 9.53 Å². The number of halogens is 1. The van der Waals surface area contributed by atoms with Crippen LogP contribution in [0, 0.1) is 0 Å². The van der Waals surface area contributed by atoms with Gasteiger partial charge in [0.05, 0.1) is 11.5 Å². The van der Waals surface area contributed by atoms with Crippen LogP contribution >= 0.6 is 24.2 Å². The van der Waals surface area contributed by atoms with Crippen LogP contribution in [0.25, 0.3) is 0 Å². The maximum atomic E-state index is 11.5. The predicted molar refractivity (Wildman–Crippen MR) is 64.5 cm³/mol. The fourth-order valence-corrected chi connectivity index (χ4v) is 3.76. The topological polar surface area (TPSA) is 38.3 Å². The van der Waals surface area contributed by atoms with Crippen LogP contribution in [0.15, 0.2) is 0 Å². The Bertz CT molecular complexity index is 231. The molecular weight excluding hydrogens is 234 g/mol. The van der Waals surface area contributed by atoms with E-state index in [2.05, 4.69) is 5.32 Å². The van der Waals surface area contributed by atoms with Gasteiger partial charge in [0, 0.05) is 5.75 Å². The number of hydrogen-bond acceptors (Lipinski definition) is 4. The van der Waals surface area contributed by atoms with E-state index < -0.39 is 0 Å². The van der Waals surface area contributed by atoms with E-state index in [0.29, 0.717) is 6.61 Å². The Kier molecular flexibility index (Phi) is 4.74. The van der Waals surface area contributed by atoms with Gasteiger partial charge in [0.1, 0.15) is 6.04 Å². The number of rotatable bonds is 2. The van der Waals surface area contributed by atoms with Crippen molar-refractivity contribution < 1.29 is 9.53 Å². The highest BCUT2D eigenvalue weighted by atomic mass is 35.5. The predicted octanol–water partition coefficient (Wildman–Crippen LogP) is 1.95. The van der Waals surface area contributed by atoms with Crippen molar-refractivity contribution in [1.29, 1.82) is 0 Å². The standard InChI is InChI=1S/C10H17NO2S.ClH/c1-2-13-9(12)8-7-14-10(11-8)5-3-4-6-10;/h8,11H,2-7H2,1H3;1H. The first kappa shape index (κ1) is 13.1. The van der Waals surface area contributed by atoms with Crippen LogP contribution in [0.1, 0.15) is 32.6 Å². The lowest BCUT2D eigenvalue weighted by Gasteiger charge is -2.22. The fourth-order valence-electron chi connectivity index (χ4n) is 2.25. The minimum absolute atomic E-state index is 0. The van der Waals surface area contributed by atoms with E-state index >= 15 is 0 Å². The van der Waals surface area contributed by atoms with E-state index in [4.69, 9.17) is 4.74 Å². The average molecular weight is 252 g/mol. The SMILES string of the molecule is CCOC(=O)C1CSC2(CCCC2)N1.Cl. The molecule has 2 rings (SSSR count). The molecule has 1 saturated heterocycles. The van der Waals surface area contributed by atoms with E-state index in [0.717, 1.165) is 5.75 Å². The molecule has 1 spiro atoms. The lowest BCUT2D eigenvalue weighted by atomic mass is 10.2. The molecule has 0 amide bonds. The highest BCUT2D eigenvalue weighted by Crippen LogP contribution is 2.43. The molecule has 1 aliphatic heterocycles. The Labute approximate surface area is 101 Å². The zero-order valence-electron chi connectivity index (χ0n) is 8.95. The van der Waals surface area contributed by atoms with Crippen LogP contribution in [0.3, 0.4) is 0 Å². The Morgan fingerprint density at radius 2 is 2.20 bits per heavy atom. The molecule has 1 N–H and O–H groups in total. The van der Waals surface area contributed by atoms with Crippen molar-refractivity contribution in [2.75, 3.05) is 12.4 Å². The minimum Gasteiger partial charge on any atom is -0.465 e. The first-order valence-corrected chi connectivity index (χ1v) is 6.33. The van der Waals surface area contributed by atoms with Crippen molar-refractivity contribution in [3.63, 3.8) is 0 Å². The number of esters is 1. The molecule has 1 aliphatic carbocycles. The maximum absolute atomic E-state index is 11.5. The van der Waals surface area contributed by atoms with Gasteiger partial charge in [0.25, 0.3) is 0 Å². The summed E-state index contributed by atoms with van der Waals surface area (Å²) in [5, 5.41) is 3.44. The minimum atomic E-state index is -0.0798. The molecule has 0 aromatic rings. The number of carbonyl (C=O) groups excluding carboxylic acids is 1. The van der Waals surface area contributed by atoms with Crippen LogP contribution in [-0.4, -0.2) is 29.2 Å². The lowest BCUT2D eigenvalue weighted by molar-refractivity contribution is -0.145. The molecule has 1 saturated carbocycles. The van der Waals surface area contributed by atoms with Crippen molar-refractivity contribution in [1.82, 2.24) is 5.32 Å². The summed E-state index contributed by atoms with van der Waals surface area (Å²) in [6.07, 6.45) is 4.98. The first-order chi connectivity index (χ1) is 6.76. The molecule has 1 unspecified atom stereocenters. The van der Waals surface area contributed by atoms with Gasteiger partial charge in [-0.1, -0.05) is 12.8 Å². The Balaban J connectivity index is 0.00000112. The zero-order valence-corrected chi connectivity index (χ0v) is 10.6. The fraction of sp³-hybridized carbons (Fsp3) is 0.900. The largest absolute Gasteiger partial charge is 0.465 e. The van der Waals surface area contributed by atoms with Crippen molar-refractivity contribution in [3.8, 4) is 0 Å². The van der Waals surface area contributed by atoms with E-state index in [1.54, 1.807) is 0 Å².